The van der Waals surface area contributed by atoms with Crippen LogP contribution >= 0.6 is 8.38 Å². The fourth-order valence-electron chi connectivity index (χ4n) is 0.854. The van der Waals surface area contributed by atoms with Crippen LogP contribution in [0.25, 0.3) is 0 Å². The quantitative estimate of drug-likeness (QED) is 0.279. The van der Waals surface area contributed by atoms with Crippen LogP contribution in [0.15, 0.2) is 0 Å². The minimum atomic E-state index is -2.72. The van der Waals surface area contributed by atoms with Crippen LogP contribution in [0.3, 0.4) is 0 Å². The van der Waals surface area contributed by atoms with Gasteiger partial charge in [0.15, 0.2) is 0 Å². The van der Waals surface area contributed by atoms with Crippen LogP contribution in [-0.2, 0) is 19.1 Å². The van der Waals surface area contributed by atoms with Gasteiger partial charge in [-0.15, -0.1) is 0 Å². The Labute approximate surface area is 140 Å². The van der Waals surface area contributed by atoms with Crippen LogP contribution in [0.4, 0.5) is 0 Å². The summed E-state index contributed by atoms with van der Waals surface area (Å²) in [4.78, 5) is 42.6. The van der Waals surface area contributed by atoms with E-state index in [1.54, 1.807) is 0 Å². The van der Waals surface area contributed by atoms with Crippen LogP contribution < -0.4 is 68.9 Å². The van der Waals surface area contributed by atoms with Gasteiger partial charge < -0.3 is 27.6 Å². The van der Waals surface area contributed by atoms with Crippen molar-refractivity contribution in [1.82, 2.24) is 0 Å². The molecule has 0 aliphatic heterocycles. The zero-order chi connectivity index (χ0) is 11.1. The maximum atomic E-state index is 11.0. The molecule has 0 aromatic rings. The number of ether oxygens (including phenoxy) is 2. The normalized spacial score (nSPS) is 10.8. The number of rotatable bonds is 5. The number of hydrogen-bond donors (Lipinski definition) is 0. The van der Waals surface area contributed by atoms with Crippen molar-refractivity contribution in [2.45, 2.75) is 6.42 Å². The van der Waals surface area contributed by atoms with E-state index >= 15 is 0 Å². The van der Waals surface area contributed by atoms with Crippen molar-refractivity contribution in [2.75, 3.05) is 20.4 Å². The molecule has 0 N–H and O–H groups in total. The van der Waals surface area contributed by atoms with Gasteiger partial charge >= 0.3 is 71.1 Å². The van der Waals surface area contributed by atoms with Gasteiger partial charge in [-0.1, -0.05) is 0 Å². The average molecular weight is 268 g/mol. The summed E-state index contributed by atoms with van der Waals surface area (Å²) < 4.78 is 8.66. The molecule has 0 saturated carbocycles. The van der Waals surface area contributed by atoms with Crippen molar-refractivity contribution < 1.29 is 88.0 Å². The van der Waals surface area contributed by atoms with E-state index in [0.717, 1.165) is 14.2 Å². The van der Waals surface area contributed by atoms with Crippen molar-refractivity contribution in [3.8, 4) is 0 Å². The molecule has 0 aromatic heterocycles. The van der Waals surface area contributed by atoms with Gasteiger partial charge in [-0.2, -0.15) is 0 Å². The van der Waals surface area contributed by atoms with Crippen LogP contribution in [0.1, 0.15) is 6.42 Å². The standard InChI is InChI=1S/C7H11O6P.2Na/c1-12-6(8)3-5(4-14(10)11)7(9)13-2;;/h5H,3-4H2,1-2H3;;/q-2;2*+1. The van der Waals surface area contributed by atoms with Gasteiger partial charge in [-0.3, -0.25) is 9.59 Å². The monoisotopic (exact) mass is 268 g/mol. The Morgan fingerprint density at radius 1 is 1.19 bits per heavy atom. The first-order valence-corrected chi connectivity index (χ1v) is 5.14. The van der Waals surface area contributed by atoms with Crippen LogP contribution in [-0.4, -0.2) is 32.3 Å². The van der Waals surface area contributed by atoms with Gasteiger partial charge in [-0.05, 0) is 6.16 Å². The van der Waals surface area contributed by atoms with E-state index < -0.39 is 32.4 Å². The van der Waals surface area contributed by atoms with E-state index in [4.69, 9.17) is 0 Å². The molecule has 0 radical (unpaired) electrons. The largest absolute Gasteiger partial charge is 1.00 e. The molecule has 0 saturated heterocycles. The Morgan fingerprint density at radius 3 is 2.00 bits per heavy atom. The molecule has 1 unspecified atom stereocenters. The summed E-state index contributed by atoms with van der Waals surface area (Å²) in [6.07, 6.45) is -0.691. The van der Waals surface area contributed by atoms with E-state index in [1.165, 1.54) is 0 Å². The predicted molar refractivity (Wildman–Crippen MR) is 43.9 cm³/mol. The van der Waals surface area contributed by atoms with Crippen LogP contribution in [0.2, 0.25) is 0 Å². The Balaban J connectivity index is -0.000000845. The Morgan fingerprint density at radius 2 is 1.69 bits per heavy atom. The molecule has 0 bridgehead atoms. The number of carbonyl (C=O) groups excluding carboxylic acids is 2. The maximum absolute atomic E-state index is 11.0. The molecule has 82 valence electrons. The summed E-state index contributed by atoms with van der Waals surface area (Å²) in [5, 5.41) is 0. The van der Waals surface area contributed by atoms with E-state index in [0.29, 0.717) is 0 Å². The number of hydrogen-bond acceptors (Lipinski definition) is 6. The minimum Gasteiger partial charge on any atom is -0.842 e. The van der Waals surface area contributed by atoms with Crippen LogP contribution in [0.5, 0.6) is 0 Å². The molecule has 0 aromatic carbocycles. The Kier molecular flexibility index (Phi) is 17.9. The van der Waals surface area contributed by atoms with Gasteiger partial charge in [0.05, 0.1) is 26.6 Å². The van der Waals surface area contributed by atoms with Gasteiger partial charge in [0.25, 0.3) is 0 Å². The van der Waals surface area contributed by atoms with E-state index in [2.05, 4.69) is 9.47 Å². The van der Waals surface area contributed by atoms with E-state index in [-0.39, 0.29) is 65.5 Å². The number of esters is 2. The van der Waals surface area contributed by atoms with Gasteiger partial charge in [0.2, 0.25) is 0 Å². The number of carbonyl (C=O) groups is 2. The molecule has 0 fully saturated rings. The first-order valence-electron chi connectivity index (χ1n) is 3.77. The summed E-state index contributed by atoms with van der Waals surface area (Å²) >= 11 is 0. The summed E-state index contributed by atoms with van der Waals surface area (Å²) in [6, 6.07) is 0. The fraction of sp³-hybridized carbons (Fsp3) is 0.714. The van der Waals surface area contributed by atoms with E-state index in [1.807, 2.05) is 0 Å². The van der Waals surface area contributed by atoms with Gasteiger partial charge in [0, 0.05) is 0 Å². The second kappa shape index (κ2) is 12.7. The predicted octanol–water partition coefficient (Wildman–Crippen LogP) is -7.62. The Hall–Kier alpha value is 1.29. The van der Waals surface area contributed by atoms with Crippen molar-refractivity contribution in [3.05, 3.63) is 0 Å². The van der Waals surface area contributed by atoms with Crippen molar-refractivity contribution in [1.29, 1.82) is 0 Å². The first-order chi connectivity index (χ1) is 6.51. The molecule has 0 heterocycles. The molecule has 0 amide bonds. The zero-order valence-corrected chi connectivity index (χ0v) is 14.8. The third-order valence-corrected chi connectivity index (χ3v) is 2.28. The third-order valence-electron chi connectivity index (χ3n) is 1.54. The molecule has 0 aliphatic rings. The van der Waals surface area contributed by atoms with E-state index in [9.17, 15) is 19.4 Å². The summed E-state index contributed by atoms with van der Waals surface area (Å²) in [7, 11) is -0.432. The fourth-order valence-corrected chi connectivity index (χ4v) is 1.49. The average Bonchev–Trinajstić information content (AvgIpc) is 2.14. The summed E-state index contributed by atoms with van der Waals surface area (Å²) in [5.41, 5.74) is 0. The van der Waals surface area contributed by atoms with Crippen molar-refractivity contribution >= 4 is 20.3 Å². The Bertz CT molecular complexity index is 213. The molecule has 0 rings (SSSR count). The van der Waals surface area contributed by atoms with Gasteiger partial charge in [-0.25, -0.2) is 0 Å². The second-order valence-corrected chi connectivity index (χ2v) is 3.55. The van der Waals surface area contributed by atoms with Crippen molar-refractivity contribution in [3.63, 3.8) is 0 Å². The molecule has 6 nitrogen and oxygen atoms in total. The molecule has 9 heteroatoms. The molecule has 0 aliphatic carbocycles. The third kappa shape index (κ3) is 10.4. The topological polar surface area (TPSA) is 98.7 Å². The van der Waals surface area contributed by atoms with Crippen LogP contribution in [0, 0.1) is 5.92 Å². The summed E-state index contributed by atoms with van der Waals surface area (Å²) in [5.74, 6) is -2.35. The molecule has 0 spiro atoms. The molecule has 1 atom stereocenters. The first kappa shape index (κ1) is 22.5. The zero-order valence-electron chi connectivity index (χ0n) is 9.89. The smallest absolute Gasteiger partial charge is 0.842 e. The molecular weight excluding hydrogens is 257 g/mol. The van der Waals surface area contributed by atoms with Crippen molar-refractivity contribution in [2.24, 2.45) is 5.92 Å². The second-order valence-electron chi connectivity index (χ2n) is 2.52. The van der Waals surface area contributed by atoms with Gasteiger partial charge in [0.1, 0.15) is 0 Å². The SMILES string of the molecule is COC(=O)CC(CP([O-])[O-])C(=O)OC.[Na+].[Na+]. The minimum absolute atomic E-state index is 0. The molecule has 16 heavy (non-hydrogen) atoms. The number of methoxy groups -OCH3 is 2. The summed E-state index contributed by atoms with van der Waals surface area (Å²) in [6.45, 7) is 0. The maximum Gasteiger partial charge on any atom is 1.00 e. The molecular formula is C7H11Na2O6P.